The van der Waals surface area contributed by atoms with E-state index in [1.807, 2.05) is 0 Å². The fourth-order valence-electron chi connectivity index (χ4n) is 0.855. The summed E-state index contributed by atoms with van der Waals surface area (Å²) in [5.41, 5.74) is 0.294. The maximum Gasteiger partial charge on any atom is 0.145 e. The molecular weight excluding hydrogens is 181 g/mol. The predicted molar refractivity (Wildman–Crippen MR) is 43.6 cm³/mol. The number of halogens is 2. The van der Waals surface area contributed by atoms with Crippen LogP contribution >= 0.6 is 11.6 Å². The molecule has 1 aromatic heterocycles. The molecule has 64 valence electrons. The molecule has 1 heterocycles. The Balaban J connectivity index is 2.97. The lowest BCUT2D eigenvalue weighted by Gasteiger charge is -1.99. The molecule has 0 saturated heterocycles. The summed E-state index contributed by atoms with van der Waals surface area (Å²) in [5.74, 6) is -0.592. The SMILES string of the molecule is CC(=O)Cc1cc(Cl)ncc1F. The molecule has 0 atom stereocenters. The van der Waals surface area contributed by atoms with Crippen LogP contribution < -0.4 is 0 Å². The van der Waals surface area contributed by atoms with E-state index in [0.29, 0.717) is 5.56 Å². The van der Waals surface area contributed by atoms with Crippen LogP contribution in [0.1, 0.15) is 12.5 Å². The summed E-state index contributed by atoms with van der Waals surface area (Å²) in [7, 11) is 0. The zero-order valence-corrected chi connectivity index (χ0v) is 7.23. The molecule has 12 heavy (non-hydrogen) atoms. The first kappa shape index (κ1) is 9.13. The van der Waals surface area contributed by atoms with Gasteiger partial charge in [0.1, 0.15) is 16.8 Å². The van der Waals surface area contributed by atoms with Crippen molar-refractivity contribution < 1.29 is 9.18 Å². The molecule has 0 amide bonds. The number of pyridine rings is 1. The molecule has 0 bridgehead atoms. The normalized spacial score (nSPS) is 9.92. The van der Waals surface area contributed by atoms with Gasteiger partial charge in [-0.25, -0.2) is 9.37 Å². The number of nitrogens with zero attached hydrogens (tertiary/aromatic N) is 1. The smallest absolute Gasteiger partial charge is 0.145 e. The van der Waals surface area contributed by atoms with Gasteiger partial charge in [0.15, 0.2) is 0 Å². The largest absolute Gasteiger partial charge is 0.300 e. The van der Waals surface area contributed by atoms with Crippen LogP contribution in [-0.4, -0.2) is 10.8 Å². The van der Waals surface area contributed by atoms with Crippen molar-refractivity contribution in [2.45, 2.75) is 13.3 Å². The summed E-state index contributed by atoms with van der Waals surface area (Å²) >= 11 is 5.51. The average molecular weight is 188 g/mol. The second-order valence-corrected chi connectivity index (χ2v) is 2.86. The van der Waals surface area contributed by atoms with E-state index in [2.05, 4.69) is 4.98 Å². The van der Waals surface area contributed by atoms with Crippen LogP contribution in [-0.2, 0) is 11.2 Å². The van der Waals surface area contributed by atoms with Gasteiger partial charge in [-0.1, -0.05) is 11.6 Å². The van der Waals surface area contributed by atoms with Gasteiger partial charge in [0.2, 0.25) is 0 Å². The van der Waals surface area contributed by atoms with Crippen molar-refractivity contribution in [1.82, 2.24) is 4.98 Å². The van der Waals surface area contributed by atoms with Crippen molar-refractivity contribution in [3.05, 3.63) is 28.8 Å². The highest BCUT2D eigenvalue weighted by Gasteiger charge is 2.05. The van der Waals surface area contributed by atoms with Crippen molar-refractivity contribution in [2.75, 3.05) is 0 Å². The first-order valence-corrected chi connectivity index (χ1v) is 3.76. The molecule has 0 saturated carbocycles. The number of carbonyl (C=O) groups is 1. The third-order valence-electron chi connectivity index (χ3n) is 1.34. The fraction of sp³-hybridized carbons (Fsp3) is 0.250. The van der Waals surface area contributed by atoms with Crippen molar-refractivity contribution in [3.8, 4) is 0 Å². The molecule has 1 rings (SSSR count). The third-order valence-corrected chi connectivity index (χ3v) is 1.55. The number of hydrogen-bond donors (Lipinski definition) is 0. The van der Waals surface area contributed by atoms with Gasteiger partial charge >= 0.3 is 0 Å². The van der Waals surface area contributed by atoms with Gasteiger partial charge < -0.3 is 0 Å². The van der Waals surface area contributed by atoms with Crippen LogP contribution in [0.4, 0.5) is 4.39 Å². The number of aromatic nitrogens is 1. The molecule has 0 aliphatic carbocycles. The van der Waals surface area contributed by atoms with E-state index in [9.17, 15) is 9.18 Å². The fourth-order valence-corrected chi connectivity index (χ4v) is 1.04. The quantitative estimate of drug-likeness (QED) is 0.663. The Hall–Kier alpha value is -0.960. The van der Waals surface area contributed by atoms with Crippen LogP contribution in [0.25, 0.3) is 0 Å². The van der Waals surface area contributed by atoms with Crippen LogP contribution in [0.15, 0.2) is 12.3 Å². The Morgan fingerprint density at radius 2 is 2.42 bits per heavy atom. The van der Waals surface area contributed by atoms with Crippen molar-refractivity contribution >= 4 is 17.4 Å². The molecule has 0 aromatic carbocycles. The topological polar surface area (TPSA) is 30.0 Å². The van der Waals surface area contributed by atoms with E-state index < -0.39 is 5.82 Å². The Kier molecular flexibility index (Phi) is 2.76. The third kappa shape index (κ3) is 2.27. The lowest BCUT2D eigenvalue weighted by Crippen LogP contribution is -1.99. The number of carbonyl (C=O) groups excluding carboxylic acids is 1. The Morgan fingerprint density at radius 3 is 3.00 bits per heavy atom. The van der Waals surface area contributed by atoms with E-state index in [0.717, 1.165) is 6.20 Å². The molecule has 0 spiro atoms. The highest BCUT2D eigenvalue weighted by Crippen LogP contribution is 2.12. The molecule has 0 aliphatic rings. The molecule has 0 aliphatic heterocycles. The Bertz CT molecular complexity index is 314. The van der Waals surface area contributed by atoms with Crippen molar-refractivity contribution in [2.24, 2.45) is 0 Å². The molecule has 2 nitrogen and oxygen atoms in total. The lowest BCUT2D eigenvalue weighted by molar-refractivity contribution is -0.116. The summed E-state index contributed by atoms with van der Waals surface area (Å²) in [4.78, 5) is 14.2. The van der Waals surface area contributed by atoms with Gasteiger partial charge in [-0.05, 0) is 18.6 Å². The minimum atomic E-state index is -0.491. The minimum absolute atomic E-state index is 0.0636. The Morgan fingerprint density at radius 1 is 1.75 bits per heavy atom. The van der Waals surface area contributed by atoms with Crippen LogP contribution in [0.3, 0.4) is 0 Å². The predicted octanol–water partition coefficient (Wildman–Crippen LogP) is 2.01. The zero-order chi connectivity index (χ0) is 9.14. The first-order chi connectivity index (χ1) is 5.59. The second-order valence-electron chi connectivity index (χ2n) is 2.48. The van der Waals surface area contributed by atoms with Crippen molar-refractivity contribution in [1.29, 1.82) is 0 Å². The van der Waals surface area contributed by atoms with Gasteiger partial charge in [0, 0.05) is 6.42 Å². The van der Waals surface area contributed by atoms with Crippen LogP contribution in [0.2, 0.25) is 5.15 Å². The monoisotopic (exact) mass is 187 g/mol. The molecule has 0 unspecified atom stereocenters. The highest BCUT2D eigenvalue weighted by molar-refractivity contribution is 6.29. The van der Waals surface area contributed by atoms with E-state index in [4.69, 9.17) is 11.6 Å². The van der Waals surface area contributed by atoms with E-state index >= 15 is 0 Å². The Labute approximate surface area is 74.4 Å². The number of hydrogen-bond acceptors (Lipinski definition) is 2. The standard InChI is InChI=1S/C8H7ClFNO/c1-5(12)2-6-3-8(9)11-4-7(6)10/h3-4H,2H2,1H3. The molecular formula is C8H7ClFNO. The summed E-state index contributed by atoms with van der Waals surface area (Å²) in [6.07, 6.45) is 1.08. The molecule has 0 N–H and O–H groups in total. The van der Waals surface area contributed by atoms with Gasteiger partial charge in [-0.2, -0.15) is 0 Å². The maximum absolute atomic E-state index is 12.9. The molecule has 1 aromatic rings. The molecule has 0 fully saturated rings. The van der Waals surface area contributed by atoms with E-state index in [1.165, 1.54) is 13.0 Å². The summed E-state index contributed by atoms with van der Waals surface area (Å²) < 4.78 is 12.9. The van der Waals surface area contributed by atoms with Gasteiger partial charge in [0.25, 0.3) is 0 Å². The number of ketones is 1. The van der Waals surface area contributed by atoms with Crippen molar-refractivity contribution in [3.63, 3.8) is 0 Å². The molecule has 4 heteroatoms. The van der Waals surface area contributed by atoms with Gasteiger partial charge in [-0.15, -0.1) is 0 Å². The number of rotatable bonds is 2. The van der Waals surface area contributed by atoms with Crippen LogP contribution in [0, 0.1) is 5.82 Å². The minimum Gasteiger partial charge on any atom is -0.300 e. The van der Waals surface area contributed by atoms with Crippen LogP contribution in [0.5, 0.6) is 0 Å². The zero-order valence-electron chi connectivity index (χ0n) is 6.47. The average Bonchev–Trinajstić information content (AvgIpc) is 1.96. The van der Waals surface area contributed by atoms with E-state index in [1.54, 1.807) is 0 Å². The summed E-state index contributed by atoms with van der Waals surface area (Å²) in [6.45, 7) is 1.40. The molecule has 0 radical (unpaired) electrons. The number of Topliss-reactive ketones (excluding diaryl/α,β-unsaturated/α-hetero) is 1. The highest BCUT2D eigenvalue weighted by atomic mass is 35.5. The van der Waals surface area contributed by atoms with E-state index in [-0.39, 0.29) is 17.4 Å². The summed E-state index contributed by atoms with van der Waals surface area (Å²) in [6, 6.07) is 1.36. The van der Waals surface area contributed by atoms with Gasteiger partial charge in [0.05, 0.1) is 6.20 Å². The second kappa shape index (κ2) is 3.63. The summed E-state index contributed by atoms with van der Waals surface area (Å²) in [5, 5.41) is 0.202. The van der Waals surface area contributed by atoms with Gasteiger partial charge in [-0.3, -0.25) is 4.79 Å². The lowest BCUT2D eigenvalue weighted by atomic mass is 10.1. The maximum atomic E-state index is 12.9. The first-order valence-electron chi connectivity index (χ1n) is 3.39.